The maximum absolute atomic E-state index is 2.55. The molecule has 0 fully saturated rings. The molecule has 0 amide bonds. The molecular formula is C39H29NS2Si. The maximum Gasteiger partial charge on any atom is 0.184 e. The van der Waals surface area contributed by atoms with E-state index in [0.29, 0.717) is 0 Å². The van der Waals surface area contributed by atoms with Gasteiger partial charge in [-0.2, -0.15) is 0 Å². The van der Waals surface area contributed by atoms with Crippen LogP contribution in [0.5, 0.6) is 0 Å². The zero-order valence-corrected chi connectivity index (χ0v) is 26.7. The van der Waals surface area contributed by atoms with E-state index in [-0.39, 0.29) is 5.41 Å². The molecule has 0 N–H and O–H groups in total. The molecule has 206 valence electrons. The van der Waals surface area contributed by atoms with Crippen molar-refractivity contribution >= 4 is 69.4 Å². The van der Waals surface area contributed by atoms with Crippen LogP contribution in [0.25, 0.3) is 0 Å². The highest BCUT2D eigenvalue weighted by atomic mass is 32.2. The van der Waals surface area contributed by atoms with Crippen molar-refractivity contribution in [1.29, 1.82) is 0 Å². The summed E-state index contributed by atoms with van der Waals surface area (Å²) in [4.78, 5) is 8.07. The van der Waals surface area contributed by atoms with Crippen molar-refractivity contribution < 1.29 is 0 Å². The zero-order chi connectivity index (χ0) is 28.8. The van der Waals surface area contributed by atoms with E-state index < -0.39 is 8.07 Å². The Hall–Kier alpha value is -3.96. The van der Waals surface area contributed by atoms with Crippen LogP contribution in [-0.2, 0) is 5.41 Å². The van der Waals surface area contributed by atoms with Crippen molar-refractivity contribution in [2.45, 2.75) is 38.8 Å². The third-order valence-corrected chi connectivity index (χ3v) is 17.5. The number of anilines is 3. The number of nitrogens with zero attached hydrogens (tertiary/aromatic N) is 1. The van der Waals surface area contributed by atoms with Gasteiger partial charge in [0, 0.05) is 30.7 Å². The second kappa shape index (κ2) is 9.27. The Morgan fingerprint density at radius 2 is 1.07 bits per heavy atom. The molecule has 1 atom stereocenters. The Morgan fingerprint density at radius 3 is 1.79 bits per heavy atom. The van der Waals surface area contributed by atoms with Gasteiger partial charge in [-0.1, -0.05) is 134 Å². The van der Waals surface area contributed by atoms with Crippen LogP contribution in [0.15, 0.2) is 159 Å². The van der Waals surface area contributed by atoms with Crippen LogP contribution >= 0.6 is 23.5 Å². The molecule has 0 bridgehead atoms. The fraction of sp³-hybridized carbons (Fsp3) is 0.0769. The molecule has 0 saturated carbocycles. The second-order valence-corrected chi connectivity index (χ2v) is 17.9. The van der Waals surface area contributed by atoms with Crippen molar-refractivity contribution in [2.75, 3.05) is 4.90 Å². The topological polar surface area (TPSA) is 3.24 Å². The summed E-state index contributed by atoms with van der Waals surface area (Å²) in [5.74, 6) is 0. The number of rotatable bonds is 2. The molecule has 1 unspecified atom stereocenters. The quantitative estimate of drug-likeness (QED) is 0.184. The SMILES string of the molecule is CC1(C)c2ccccc2N(c2ccc3c(c2)Sc2cccc4c2[Si]3(c2ccccc2)c2ccccc2S4)c2ccccc21. The smallest absolute Gasteiger partial charge is 0.184 e. The summed E-state index contributed by atoms with van der Waals surface area (Å²) < 4.78 is 0. The third-order valence-electron chi connectivity index (χ3n) is 9.56. The Bertz CT molecular complexity index is 2040. The van der Waals surface area contributed by atoms with E-state index in [1.807, 2.05) is 23.5 Å². The lowest BCUT2D eigenvalue weighted by molar-refractivity contribution is 0.632. The largest absolute Gasteiger partial charge is 0.310 e. The van der Waals surface area contributed by atoms with Crippen LogP contribution < -0.4 is 25.6 Å². The second-order valence-electron chi connectivity index (χ2n) is 12.1. The van der Waals surface area contributed by atoms with E-state index in [1.165, 1.54) is 63.3 Å². The minimum atomic E-state index is -2.55. The highest BCUT2D eigenvalue weighted by Gasteiger charge is 2.51. The lowest BCUT2D eigenvalue weighted by Gasteiger charge is -2.45. The number of para-hydroxylation sites is 2. The highest BCUT2D eigenvalue weighted by Crippen LogP contribution is 2.52. The molecule has 3 aliphatic heterocycles. The van der Waals surface area contributed by atoms with E-state index in [1.54, 1.807) is 5.19 Å². The van der Waals surface area contributed by atoms with E-state index in [4.69, 9.17) is 0 Å². The fourth-order valence-corrected chi connectivity index (χ4v) is 17.0. The predicted octanol–water partition coefficient (Wildman–Crippen LogP) is 8.10. The van der Waals surface area contributed by atoms with Crippen LogP contribution in [0, 0.1) is 0 Å². The monoisotopic (exact) mass is 603 g/mol. The van der Waals surface area contributed by atoms with Gasteiger partial charge in [0.2, 0.25) is 0 Å². The standard InChI is InChI=1S/C39H29NS2Si/c1-39(2)28-15-6-8-17-30(28)40(31-18-9-7-16-29(31)39)26-23-24-37-35(25-26)42-34-21-12-20-33-38(34)43(37,27-13-4-3-5-14-27)36-22-11-10-19-32(36)41-33/h3-25H,1-2H3. The number of fused-ring (bicyclic) bond motifs is 6. The van der Waals surface area contributed by atoms with Gasteiger partial charge in [0.1, 0.15) is 0 Å². The Balaban J connectivity index is 1.33. The summed E-state index contributed by atoms with van der Waals surface area (Å²) in [6.45, 7) is 4.71. The molecule has 0 saturated heterocycles. The molecule has 0 spiro atoms. The van der Waals surface area contributed by atoms with E-state index in [9.17, 15) is 0 Å². The molecule has 43 heavy (non-hydrogen) atoms. The van der Waals surface area contributed by atoms with E-state index in [2.05, 4.69) is 158 Å². The molecule has 0 aliphatic carbocycles. The molecule has 3 aliphatic rings. The van der Waals surface area contributed by atoms with Crippen LogP contribution in [0.4, 0.5) is 17.1 Å². The first-order valence-electron chi connectivity index (χ1n) is 14.9. The number of hydrogen-bond donors (Lipinski definition) is 0. The first-order chi connectivity index (χ1) is 21.1. The van der Waals surface area contributed by atoms with Crippen LogP contribution in [0.2, 0.25) is 0 Å². The van der Waals surface area contributed by atoms with Crippen molar-refractivity contribution in [1.82, 2.24) is 0 Å². The highest BCUT2D eigenvalue weighted by molar-refractivity contribution is 8.01. The Labute approximate surface area is 262 Å². The van der Waals surface area contributed by atoms with E-state index in [0.717, 1.165) is 0 Å². The number of hydrogen-bond acceptors (Lipinski definition) is 3. The molecular weight excluding hydrogens is 575 g/mol. The van der Waals surface area contributed by atoms with Crippen LogP contribution in [0.1, 0.15) is 25.0 Å². The fourth-order valence-electron chi connectivity index (χ4n) is 7.70. The van der Waals surface area contributed by atoms with Gasteiger partial charge in [-0.25, -0.2) is 0 Å². The average Bonchev–Trinajstić information content (AvgIpc) is 3.05. The summed E-state index contributed by atoms with van der Waals surface area (Å²) in [5.41, 5.74) is 6.41. The Morgan fingerprint density at radius 1 is 0.512 bits per heavy atom. The maximum atomic E-state index is 2.49. The first kappa shape index (κ1) is 25.5. The average molecular weight is 604 g/mol. The molecule has 9 rings (SSSR count). The van der Waals surface area contributed by atoms with Crippen molar-refractivity contribution in [3.8, 4) is 0 Å². The lowest BCUT2D eigenvalue weighted by Crippen LogP contribution is -2.78. The summed E-state index contributed by atoms with van der Waals surface area (Å²) in [6.07, 6.45) is 0. The van der Waals surface area contributed by atoms with Gasteiger partial charge >= 0.3 is 0 Å². The van der Waals surface area contributed by atoms with Crippen molar-refractivity contribution in [2.24, 2.45) is 0 Å². The minimum Gasteiger partial charge on any atom is -0.310 e. The minimum absolute atomic E-state index is 0.0737. The van der Waals surface area contributed by atoms with Crippen LogP contribution in [0.3, 0.4) is 0 Å². The molecule has 6 aromatic rings. The van der Waals surface area contributed by atoms with Gasteiger partial charge in [0.05, 0.1) is 11.4 Å². The molecule has 0 aromatic heterocycles. The predicted molar refractivity (Wildman–Crippen MR) is 185 cm³/mol. The number of benzene rings is 6. The van der Waals surface area contributed by atoms with Gasteiger partial charge < -0.3 is 4.90 Å². The van der Waals surface area contributed by atoms with Gasteiger partial charge in [-0.15, -0.1) is 0 Å². The van der Waals surface area contributed by atoms with Gasteiger partial charge in [-0.3, -0.25) is 0 Å². The van der Waals surface area contributed by atoms with Gasteiger partial charge in [0.25, 0.3) is 0 Å². The summed E-state index contributed by atoms with van der Waals surface area (Å²) >= 11 is 3.89. The van der Waals surface area contributed by atoms with Gasteiger partial charge in [0.15, 0.2) is 8.07 Å². The molecule has 6 aromatic carbocycles. The summed E-state index contributed by atoms with van der Waals surface area (Å²) in [7, 11) is -2.55. The summed E-state index contributed by atoms with van der Waals surface area (Å²) in [5, 5.41) is 6.03. The lowest BCUT2D eigenvalue weighted by atomic mass is 9.73. The molecule has 0 radical (unpaired) electrons. The third kappa shape index (κ3) is 3.43. The zero-order valence-electron chi connectivity index (χ0n) is 24.0. The molecule has 4 heteroatoms. The van der Waals surface area contributed by atoms with Crippen LogP contribution in [-0.4, -0.2) is 8.07 Å². The molecule has 3 heterocycles. The summed E-state index contributed by atoms with van der Waals surface area (Å²) in [6, 6.07) is 52.7. The van der Waals surface area contributed by atoms with Crippen molar-refractivity contribution in [3.05, 3.63) is 151 Å². The first-order valence-corrected chi connectivity index (χ1v) is 18.5. The van der Waals surface area contributed by atoms with Gasteiger partial charge in [-0.05, 0) is 74.3 Å². The van der Waals surface area contributed by atoms with E-state index >= 15 is 0 Å². The Kier molecular flexibility index (Phi) is 5.50. The normalized spacial score (nSPS) is 18.5. The molecule has 1 nitrogen and oxygen atoms in total. The van der Waals surface area contributed by atoms with Crippen molar-refractivity contribution in [3.63, 3.8) is 0 Å².